The Morgan fingerprint density at radius 2 is 2.30 bits per heavy atom. The predicted octanol–water partition coefficient (Wildman–Crippen LogP) is 3.44. The lowest BCUT2D eigenvalue weighted by molar-refractivity contribution is -0.119. The van der Waals surface area contributed by atoms with Crippen molar-refractivity contribution in [2.75, 3.05) is 5.32 Å². The van der Waals surface area contributed by atoms with Crippen molar-refractivity contribution in [1.29, 1.82) is 0 Å². The fourth-order valence-corrected chi connectivity index (χ4v) is 3.48. The average Bonchev–Trinajstić information content (AvgIpc) is 3.08. The van der Waals surface area contributed by atoms with E-state index in [1.54, 1.807) is 17.5 Å². The molecule has 0 saturated carbocycles. The molecule has 0 saturated heterocycles. The Labute approximate surface area is 139 Å². The van der Waals surface area contributed by atoms with Crippen LogP contribution in [0.3, 0.4) is 0 Å². The molecule has 3 rings (SSSR count). The summed E-state index contributed by atoms with van der Waals surface area (Å²) in [6.45, 7) is 3.83. The van der Waals surface area contributed by atoms with Crippen molar-refractivity contribution < 1.29 is 9.59 Å². The highest BCUT2D eigenvalue weighted by Gasteiger charge is 2.28. The molecule has 1 N–H and O–H groups in total. The van der Waals surface area contributed by atoms with Crippen LogP contribution in [0.4, 0.5) is 5.95 Å². The highest BCUT2D eigenvalue weighted by Crippen LogP contribution is 2.34. The standard InChI is InChI=1S/C17H19N3O2S/c1-3-10(2)16(22)20-17-18-9-12-13(19-17)7-11(8-14(12)21)15-5-4-6-23-15/h4-6,9-11H,3,7-8H2,1-2H3,(H,18,19,20,22)/t10-,11-/m0/s1. The number of amides is 1. The molecular weight excluding hydrogens is 310 g/mol. The molecule has 0 bridgehead atoms. The number of thiophene rings is 1. The molecule has 6 heteroatoms. The number of hydrogen-bond acceptors (Lipinski definition) is 5. The number of hydrogen-bond donors (Lipinski definition) is 1. The van der Waals surface area contributed by atoms with E-state index in [1.165, 1.54) is 4.88 Å². The molecule has 5 nitrogen and oxygen atoms in total. The van der Waals surface area contributed by atoms with E-state index in [-0.39, 0.29) is 29.5 Å². The van der Waals surface area contributed by atoms with E-state index < -0.39 is 0 Å². The van der Waals surface area contributed by atoms with E-state index in [1.807, 2.05) is 25.3 Å². The van der Waals surface area contributed by atoms with Gasteiger partial charge in [-0.1, -0.05) is 19.9 Å². The monoisotopic (exact) mass is 329 g/mol. The van der Waals surface area contributed by atoms with E-state index in [4.69, 9.17) is 0 Å². The third kappa shape index (κ3) is 3.32. The number of fused-ring (bicyclic) bond motifs is 1. The van der Waals surface area contributed by atoms with Gasteiger partial charge in [0.25, 0.3) is 0 Å². The number of carbonyl (C=O) groups excluding carboxylic acids is 2. The van der Waals surface area contributed by atoms with Crippen LogP contribution >= 0.6 is 11.3 Å². The fourth-order valence-electron chi connectivity index (χ4n) is 2.65. The van der Waals surface area contributed by atoms with E-state index in [0.717, 1.165) is 12.1 Å². The average molecular weight is 329 g/mol. The molecule has 0 fully saturated rings. The summed E-state index contributed by atoms with van der Waals surface area (Å²) < 4.78 is 0. The number of rotatable bonds is 4. The second-order valence-electron chi connectivity index (χ2n) is 5.90. The van der Waals surface area contributed by atoms with Crippen molar-refractivity contribution in [3.8, 4) is 0 Å². The first-order chi connectivity index (χ1) is 11.1. The van der Waals surface area contributed by atoms with Crippen LogP contribution in [-0.2, 0) is 11.2 Å². The van der Waals surface area contributed by atoms with E-state index in [0.29, 0.717) is 18.4 Å². The van der Waals surface area contributed by atoms with Crippen molar-refractivity contribution in [2.24, 2.45) is 5.92 Å². The van der Waals surface area contributed by atoms with Gasteiger partial charge < -0.3 is 0 Å². The first-order valence-electron chi connectivity index (χ1n) is 7.81. The van der Waals surface area contributed by atoms with Gasteiger partial charge in [0.15, 0.2) is 5.78 Å². The van der Waals surface area contributed by atoms with Crippen LogP contribution in [-0.4, -0.2) is 21.7 Å². The topological polar surface area (TPSA) is 72.0 Å². The van der Waals surface area contributed by atoms with Gasteiger partial charge in [0.2, 0.25) is 11.9 Å². The molecule has 1 aliphatic rings. The molecule has 0 spiro atoms. The molecule has 120 valence electrons. The number of nitrogens with zero attached hydrogens (tertiary/aromatic N) is 2. The first kappa shape index (κ1) is 15.8. The van der Waals surface area contributed by atoms with Gasteiger partial charge in [-0.15, -0.1) is 11.3 Å². The van der Waals surface area contributed by atoms with Crippen LogP contribution < -0.4 is 5.32 Å². The number of ketones is 1. The van der Waals surface area contributed by atoms with Crippen LogP contribution in [0.1, 0.15) is 53.5 Å². The van der Waals surface area contributed by atoms with Crippen molar-refractivity contribution in [3.63, 3.8) is 0 Å². The Morgan fingerprint density at radius 1 is 1.48 bits per heavy atom. The number of aromatic nitrogens is 2. The van der Waals surface area contributed by atoms with Crippen molar-refractivity contribution in [3.05, 3.63) is 39.8 Å². The van der Waals surface area contributed by atoms with E-state index in [9.17, 15) is 9.59 Å². The summed E-state index contributed by atoms with van der Waals surface area (Å²) in [6, 6.07) is 4.05. The maximum atomic E-state index is 12.3. The zero-order valence-corrected chi connectivity index (χ0v) is 14.0. The molecule has 0 radical (unpaired) electrons. The zero-order valence-electron chi connectivity index (χ0n) is 13.2. The van der Waals surface area contributed by atoms with Crippen LogP contribution in [0.5, 0.6) is 0 Å². The van der Waals surface area contributed by atoms with Crippen molar-refractivity contribution in [2.45, 2.75) is 39.0 Å². The Hall–Kier alpha value is -2.08. The Kier molecular flexibility index (Phi) is 4.52. The second kappa shape index (κ2) is 6.58. The summed E-state index contributed by atoms with van der Waals surface area (Å²) in [5.74, 6) is 0.348. The molecule has 2 aromatic heterocycles. The quantitative estimate of drug-likeness (QED) is 0.932. The lowest BCUT2D eigenvalue weighted by atomic mass is 9.86. The predicted molar refractivity (Wildman–Crippen MR) is 89.8 cm³/mol. The van der Waals surface area contributed by atoms with Crippen LogP contribution in [0.15, 0.2) is 23.7 Å². The lowest BCUT2D eigenvalue weighted by Gasteiger charge is -2.22. The third-order valence-corrected chi connectivity index (χ3v) is 5.31. The summed E-state index contributed by atoms with van der Waals surface area (Å²) in [5.41, 5.74) is 1.31. The summed E-state index contributed by atoms with van der Waals surface area (Å²) in [6.07, 6.45) is 3.50. The second-order valence-corrected chi connectivity index (χ2v) is 6.88. The zero-order chi connectivity index (χ0) is 16.4. The molecule has 1 amide bonds. The smallest absolute Gasteiger partial charge is 0.229 e. The Bertz CT molecular complexity index is 727. The lowest BCUT2D eigenvalue weighted by Crippen LogP contribution is -2.24. The van der Waals surface area contributed by atoms with Gasteiger partial charge in [-0.3, -0.25) is 14.9 Å². The molecular formula is C17H19N3O2S. The SMILES string of the molecule is CC[C@H](C)C(=O)Nc1ncc2c(n1)C[C@H](c1cccs1)CC2=O. The summed E-state index contributed by atoms with van der Waals surface area (Å²) in [7, 11) is 0. The van der Waals surface area contributed by atoms with Gasteiger partial charge >= 0.3 is 0 Å². The van der Waals surface area contributed by atoms with Gasteiger partial charge in [-0.25, -0.2) is 9.97 Å². The molecule has 2 atom stereocenters. The third-order valence-electron chi connectivity index (χ3n) is 4.28. The molecule has 1 aliphatic carbocycles. The van der Waals surface area contributed by atoms with Crippen molar-refractivity contribution in [1.82, 2.24) is 9.97 Å². The van der Waals surface area contributed by atoms with Crippen molar-refractivity contribution >= 4 is 29.0 Å². The van der Waals surface area contributed by atoms with Gasteiger partial charge in [-0.05, 0) is 24.3 Å². The van der Waals surface area contributed by atoms with E-state index >= 15 is 0 Å². The highest BCUT2D eigenvalue weighted by molar-refractivity contribution is 7.10. The molecule has 0 unspecified atom stereocenters. The number of Topliss-reactive ketones (excluding diaryl/α,β-unsaturated/α-hetero) is 1. The van der Waals surface area contributed by atoms with E-state index in [2.05, 4.69) is 21.4 Å². The number of carbonyl (C=O) groups is 2. The maximum absolute atomic E-state index is 12.3. The molecule has 0 aromatic carbocycles. The van der Waals surface area contributed by atoms with Gasteiger partial charge in [-0.2, -0.15) is 0 Å². The summed E-state index contributed by atoms with van der Waals surface area (Å²) in [5, 5.41) is 4.76. The largest absolute Gasteiger partial charge is 0.294 e. The van der Waals surface area contributed by atoms with Gasteiger partial charge in [0.05, 0.1) is 11.3 Å². The van der Waals surface area contributed by atoms with Crippen LogP contribution in [0, 0.1) is 5.92 Å². The number of anilines is 1. The molecule has 23 heavy (non-hydrogen) atoms. The summed E-state index contributed by atoms with van der Waals surface area (Å²) in [4.78, 5) is 34.0. The molecule has 2 aromatic rings. The van der Waals surface area contributed by atoms with Gasteiger partial charge in [0.1, 0.15) is 0 Å². The normalized spacial score (nSPS) is 18.3. The van der Waals surface area contributed by atoms with Crippen LogP contribution in [0.2, 0.25) is 0 Å². The summed E-state index contributed by atoms with van der Waals surface area (Å²) >= 11 is 1.66. The Balaban J connectivity index is 1.83. The first-order valence-corrected chi connectivity index (χ1v) is 8.69. The Morgan fingerprint density at radius 3 is 3.00 bits per heavy atom. The minimum Gasteiger partial charge on any atom is -0.294 e. The molecule has 0 aliphatic heterocycles. The van der Waals surface area contributed by atoms with Crippen LogP contribution in [0.25, 0.3) is 0 Å². The molecule has 2 heterocycles. The number of nitrogens with one attached hydrogen (secondary N) is 1. The minimum absolute atomic E-state index is 0.0736. The maximum Gasteiger partial charge on any atom is 0.229 e. The highest BCUT2D eigenvalue weighted by atomic mass is 32.1. The fraction of sp³-hybridized carbons (Fsp3) is 0.412. The van der Waals surface area contributed by atoms with Gasteiger partial charge in [0, 0.05) is 29.3 Å². The minimum atomic E-state index is -0.0932.